The third kappa shape index (κ3) is 3.69. The topological polar surface area (TPSA) is 109 Å². The van der Waals surface area contributed by atoms with Crippen LogP contribution in [0.1, 0.15) is 22.6 Å². The Bertz CT molecular complexity index is 1680. The molecule has 1 aliphatic heterocycles. The standard InChI is InChI=1S/C28H24N4O6/c1-34-19-9-5-15(11-22(19)36-3)24-18-8-7-17(33)13-21(18)38-28-25(24)27-30-26(31-32(27)14-29-28)16-6-10-20(35-2)23(12-16)37-4/h5-14,24,33H,1-4H3. The molecule has 38 heavy (non-hydrogen) atoms. The van der Waals surface area contributed by atoms with E-state index in [0.29, 0.717) is 46.1 Å². The van der Waals surface area contributed by atoms with E-state index < -0.39 is 0 Å². The predicted octanol–water partition coefficient (Wildman–Crippen LogP) is 4.82. The molecular formula is C28H24N4O6. The first-order valence-corrected chi connectivity index (χ1v) is 11.7. The largest absolute Gasteiger partial charge is 0.508 e. The summed E-state index contributed by atoms with van der Waals surface area (Å²) >= 11 is 0. The van der Waals surface area contributed by atoms with Gasteiger partial charge in [-0.25, -0.2) is 14.5 Å². The Morgan fingerprint density at radius 2 is 1.53 bits per heavy atom. The van der Waals surface area contributed by atoms with E-state index >= 15 is 0 Å². The maximum absolute atomic E-state index is 10.1. The Morgan fingerprint density at radius 3 is 2.26 bits per heavy atom. The zero-order valence-corrected chi connectivity index (χ0v) is 21.1. The summed E-state index contributed by atoms with van der Waals surface area (Å²) in [6.07, 6.45) is 1.56. The number of phenols is 1. The number of benzene rings is 3. The quantitative estimate of drug-likeness (QED) is 0.336. The summed E-state index contributed by atoms with van der Waals surface area (Å²) in [5, 5.41) is 14.8. The van der Waals surface area contributed by atoms with Gasteiger partial charge in [-0.1, -0.05) is 12.1 Å². The molecule has 0 bridgehead atoms. The van der Waals surface area contributed by atoms with Crippen molar-refractivity contribution in [3.8, 4) is 51.8 Å². The normalized spacial score (nSPS) is 13.8. The lowest BCUT2D eigenvalue weighted by atomic mass is 9.83. The highest BCUT2D eigenvalue weighted by atomic mass is 16.5. The predicted molar refractivity (Wildman–Crippen MR) is 138 cm³/mol. The van der Waals surface area contributed by atoms with Crippen LogP contribution in [0.3, 0.4) is 0 Å². The fraction of sp³-hybridized carbons (Fsp3) is 0.179. The van der Waals surface area contributed by atoms with E-state index in [0.717, 1.165) is 22.3 Å². The van der Waals surface area contributed by atoms with E-state index in [1.807, 2.05) is 42.5 Å². The third-order valence-corrected chi connectivity index (χ3v) is 6.57. The van der Waals surface area contributed by atoms with E-state index in [1.165, 1.54) is 0 Å². The van der Waals surface area contributed by atoms with Crippen LogP contribution in [0.2, 0.25) is 0 Å². The van der Waals surface area contributed by atoms with Crippen LogP contribution in [0, 0.1) is 0 Å². The molecule has 10 heteroatoms. The number of hydrogen-bond donors (Lipinski definition) is 1. The Balaban J connectivity index is 1.57. The molecule has 0 amide bonds. The maximum Gasteiger partial charge on any atom is 0.228 e. The summed E-state index contributed by atoms with van der Waals surface area (Å²) < 4.78 is 29.7. The second-order valence-corrected chi connectivity index (χ2v) is 8.61. The van der Waals surface area contributed by atoms with Crippen LogP contribution >= 0.6 is 0 Å². The Labute approximate surface area is 218 Å². The van der Waals surface area contributed by atoms with Crippen molar-refractivity contribution in [2.45, 2.75) is 5.92 Å². The van der Waals surface area contributed by atoms with Gasteiger partial charge in [-0.2, -0.15) is 0 Å². The number of rotatable bonds is 6. The highest BCUT2D eigenvalue weighted by Crippen LogP contribution is 2.49. The minimum absolute atomic E-state index is 0.0950. The molecule has 10 nitrogen and oxygen atoms in total. The first kappa shape index (κ1) is 23.4. The number of ether oxygens (including phenoxy) is 5. The molecular weight excluding hydrogens is 488 g/mol. The number of nitrogens with zero attached hydrogens (tertiary/aromatic N) is 4. The van der Waals surface area contributed by atoms with Gasteiger partial charge in [0.15, 0.2) is 34.5 Å². The van der Waals surface area contributed by atoms with Crippen molar-refractivity contribution < 1.29 is 28.8 Å². The summed E-state index contributed by atoms with van der Waals surface area (Å²) in [6.45, 7) is 0. The fourth-order valence-electron chi connectivity index (χ4n) is 4.78. The Hall–Kier alpha value is -4.99. The van der Waals surface area contributed by atoms with Crippen molar-refractivity contribution in [3.05, 3.63) is 77.6 Å². The average Bonchev–Trinajstić information content (AvgIpc) is 3.39. The first-order valence-electron chi connectivity index (χ1n) is 11.7. The van der Waals surface area contributed by atoms with Crippen molar-refractivity contribution >= 4 is 5.65 Å². The van der Waals surface area contributed by atoms with Crippen LogP contribution in [0.5, 0.6) is 40.4 Å². The van der Waals surface area contributed by atoms with Crippen LogP contribution in [0.4, 0.5) is 0 Å². The molecule has 0 aliphatic carbocycles. The molecule has 1 aliphatic rings. The summed E-state index contributed by atoms with van der Waals surface area (Å²) in [5.74, 6) is 3.52. The summed E-state index contributed by atoms with van der Waals surface area (Å²) in [6, 6.07) is 16.3. The molecule has 1 unspecified atom stereocenters. The summed E-state index contributed by atoms with van der Waals surface area (Å²) in [5.41, 5.74) is 3.82. The highest BCUT2D eigenvalue weighted by Gasteiger charge is 2.34. The number of methoxy groups -OCH3 is 4. The van der Waals surface area contributed by atoms with Gasteiger partial charge >= 0.3 is 0 Å². The molecule has 192 valence electrons. The molecule has 2 aromatic heterocycles. The number of aromatic nitrogens is 4. The molecule has 1 atom stereocenters. The fourth-order valence-corrected chi connectivity index (χ4v) is 4.78. The molecule has 0 fully saturated rings. The van der Waals surface area contributed by atoms with Crippen molar-refractivity contribution in [2.75, 3.05) is 28.4 Å². The molecule has 1 N–H and O–H groups in total. The van der Waals surface area contributed by atoms with Crippen LogP contribution in [0.15, 0.2) is 60.9 Å². The van der Waals surface area contributed by atoms with Gasteiger partial charge in [-0.15, -0.1) is 5.10 Å². The van der Waals surface area contributed by atoms with Crippen LogP contribution in [-0.4, -0.2) is 53.1 Å². The van der Waals surface area contributed by atoms with Gasteiger partial charge in [0.05, 0.1) is 34.0 Å². The summed E-state index contributed by atoms with van der Waals surface area (Å²) in [7, 11) is 6.36. The van der Waals surface area contributed by atoms with E-state index in [9.17, 15) is 5.11 Å². The number of fused-ring (bicyclic) bond motifs is 4. The Kier molecular flexibility index (Phi) is 5.64. The third-order valence-electron chi connectivity index (χ3n) is 6.57. The van der Waals surface area contributed by atoms with Crippen molar-refractivity contribution in [3.63, 3.8) is 0 Å². The molecule has 6 rings (SSSR count). The number of phenolic OH excluding ortho intramolecular Hbond substituents is 1. The molecule has 0 saturated heterocycles. The zero-order chi connectivity index (χ0) is 26.4. The van der Waals surface area contributed by atoms with E-state index in [-0.39, 0.29) is 11.7 Å². The molecule has 5 aromatic rings. The zero-order valence-electron chi connectivity index (χ0n) is 21.1. The van der Waals surface area contributed by atoms with Gasteiger partial charge in [0.2, 0.25) is 5.88 Å². The molecule has 0 radical (unpaired) electrons. The lowest BCUT2D eigenvalue weighted by Crippen LogP contribution is -2.15. The van der Waals surface area contributed by atoms with Gasteiger partial charge < -0.3 is 28.8 Å². The number of aromatic hydroxyl groups is 1. The SMILES string of the molecule is COc1ccc(-c2nc3c4c(ncn3n2)Oc2cc(O)ccc2C4c2ccc(OC)c(OC)c2)cc1OC. The molecule has 3 heterocycles. The van der Waals surface area contributed by atoms with E-state index in [2.05, 4.69) is 10.1 Å². The minimum Gasteiger partial charge on any atom is -0.508 e. The Morgan fingerprint density at radius 1 is 0.816 bits per heavy atom. The maximum atomic E-state index is 10.1. The van der Waals surface area contributed by atoms with Crippen LogP contribution in [0.25, 0.3) is 17.0 Å². The van der Waals surface area contributed by atoms with Crippen molar-refractivity contribution in [1.29, 1.82) is 0 Å². The number of hydrogen-bond acceptors (Lipinski definition) is 9. The molecule has 0 saturated carbocycles. The van der Waals surface area contributed by atoms with Gasteiger partial charge in [0, 0.05) is 23.1 Å². The molecule has 3 aromatic carbocycles. The summed E-state index contributed by atoms with van der Waals surface area (Å²) in [4.78, 5) is 9.45. The lowest BCUT2D eigenvalue weighted by molar-refractivity contribution is 0.354. The minimum atomic E-state index is -0.340. The second-order valence-electron chi connectivity index (χ2n) is 8.61. The van der Waals surface area contributed by atoms with Crippen molar-refractivity contribution in [2.24, 2.45) is 0 Å². The van der Waals surface area contributed by atoms with Gasteiger partial charge in [-0.3, -0.25) is 0 Å². The first-order chi connectivity index (χ1) is 18.5. The van der Waals surface area contributed by atoms with Crippen LogP contribution < -0.4 is 23.7 Å². The van der Waals surface area contributed by atoms with E-state index in [1.54, 1.807) is 51.4 Å². The van der Waals surface area contributed by atoms with Crippen LogP contribution in [-0.2, 0) is 0 Å². The highest BCUT2D eigenvalue weighted by molar-refractivity contribution is 5.70. The van der Waals surface area contributed by atoms with Crippen molar-refractivity contribution in [1.82, 2.24) is 19.6 Å². The lowest BCUT2D eigenvalue weighted by Gasteiger charge is -2.28. The van der Waals surface area contributed by atoms with Gasteiger partial charge in [-0.05, 0) is 42.0 Å². The van der Waals surface area contributed by atoms with Gasteiger partial charge in [0.1, 0.15) is 17.8 Å². The van der Waals surface area contributed by atoms with Gasteiger partial charge in [0.25, 0.3) is 0 Å². The molecule has 0 spiro atoms. The van der Waals surface area contributed by atoms with E-state index in [4.69, 9.17) is 28.7 Å². The monoisotopic (exact) mass is 512 g/mol. The second kappa shape index (κ2) is 9.15. The average molecular weight is 513 g/mol. The smallest absolute Gasteiger partial charge is 0.228 e.